The van der Waals surface area contributed by atoms with Crippen LogP contribution in [0.15, 0.2) is 17.5 Å². The molecule has 1 rings (SSSR count). The summed E-state index contributed by atoms with van der Waals surface area (Å²) in [4.78, 5) is 1.48. The molecule has 0 fully saturated rings. The van der Waals surface area contributed by atoms with Crippen LogP contribution in [0.1, 0.15) is 32.6 Å². The monoisotopic (exact) mass is 211 g/mol. The maximum Gasteiger partial charge on any atom is 0.0164 e. The number of nitrogens with one attached hydrogen (secondary N) is 1. The van der Waals surface area contributed by atoms with Crippen molar-refractivity contribution >= 4 is 11.3 Å². The minimum absolute atomic E-state index is 0.333. The first-order chi connectivity index (χ1) is 6.54. The van der Waals surface area contributed by atoms with Crippen LogP contribution in [0.2, 0.25) is 0 Å². The Balaban J connectivity index is 2.60. The van der Waals surface area contributed by atoms with E-state index in [9.17, 15) is 0 Å². The Morgan fingerprint density at radius 1 is 1.43 bits per heavy atom. The van der Waals surface area contributed by atoms with E-state index in [1.165, 1.54) is 4.88 Å². The van der Waals surface area contributed by atoms with Gasteiger partial charge in [-0.25, -0.2) is 0 Å². The van der Waals surface area contributed by atoms with E-state index in [0.717, 1.165) is 13.0 Å². The van der Waals surface area contributed by atoms with Crippen LogP contribution in [0.5, 0.6) is 0 Å². The molecule has 2 heteroatoms. The van der Waals surface area contributed by atoms with E-state index >= 15 is 0 Å². The fourth-order valence-electron chi connectivity index (χ4n) is 1.56. The van der Waals surface area contributed by atoms with E-state index in [0.29, 0.717) is 11.5 Å². The predicted octanol–water partition coefficient (Wildman–Crippen LogP) is 3.31. The van der Waals surface area contributed by atoms with Gasteiger partial charge in [0.1, 0.15) is 0 Å². The second-order valence-electron chi connectivity index (χ2n) is 4.76. The Morgan fingerprint density at radius 2 is 2.14 bits per heavy atom. The Bertz CT molecular complexity index is 246. The quantitative estimate of drug-likeness (QED) is 0.805. The van der Waals surface area contributed by atoms with Crippen LogP contribution in [0.4, 0.5) is 0 Å². The smallest absolute Gasteiger partial charge is 0.0164 e. The van der Waals surface area contributed by atoms with Gasteiger partial charge in [0.2, 0.25) is 0 Å². The van der Waals surface area contributed by atoms with Gasteiger partial charge in [-0.3, -0.25) is 0 Å². The van der Waals surface area contributed by atoms with Crippen molar-refractivity contribution in [3.63, 3.8) is 0 Å². The van der Waals surface area contributed by atoms with E-state index in [1.807, 2.05) is 11.3 Å². The summed E-state index contributed by atoms with van der Waals surface area (Å²) in [6, 6.07) is 4.93. The SMILES string of the molecule is CCNC(Cc1cccs1)C(C)(C)C. The van der Waals surface area contributed by atoms with E-state index in [-0.39, 0.29) is 0 Å². The van der Waals surface area contributed by atoms with Gasteiger partial charge in [0.25, 0.3) is 0 Å². The molecule has 0 aliphatic rings. The van der Waals surface area contributed by atoms with Gasteiger partial charge in [-0.05, 0) is 29.8 Å². The van der Waals surface area contributed by atoms with Gasteiger partial charge in [0.15, 0.2) is 0 Å². The molecule has 0 aliphatic heterocycles. The number of hydrogen-bond acceptors (Lipinski definition) is 2. The molecule has 0 saturated heterocycles. The molecule has 0 radical (unpaired) electrons. The summed E-state index contributed by atoms with van der Waals surface area (Å²) in [5.41, 5.74) is 0.333. The second-order valence-corrected chi connectivity index (χ2v) is 5.79. The van der Waals surface area contributed by atoms with Gasteiger partial charge in [0.05, 0.1) is 0 Å². The predicted molar refractivity (Wildman–Crippen MR) is 64.9 cm³/mol. The molecular weight excluding hydrogens is 190 g/mol. The topological polar surface area (TPSA) is 12.0 Å². The van der Waals surface area contributed by atoms with Gasteiger partial charge >= 0.3 is 0 Å². The van der Waals surface area contributed by atoms with E-state index < -0.39 is 0 Å². The highest BCUT2D eigenvalue weighted by molar-refractivity contribution is 7.09. The maximum absolute atomic E-state index is 3.57. The van der Waals surface area contributed by atoms with Crippen molar-refractivity contribution in [1.29, 1.82) is 0 Å². The van der Waals surface area contributed by atoms with Crippen LogP contribution < -0.4 is 5.32 Å². The zero-order valence-electron chi connectivity index (χ0n) is 9.63. The van der Waals surface area contributed by atoms with E-state index in [4.69, 9.17) is 0 Å². The molecule has 1 N–H and O–H groups in total. The van der Waals surface area contributed by atoms with E-state index in [1.54, 1.807) is 0 Å². The molecule has 14 heavy (non-hydrogen) atoms. The molecular formula is C12H21NS. The van der Waals surface area contributed by atoms with Crippen molar-refractivity contribution in [2.75, 3.05) is 6.54 Å². The molecule has 0 saturated carbocycles. The van der Waals surface area contributed by atoms with Gasteiger partial charge in [-0.2, -0.15) is 0 Å². The third-order valence-electron chi connectivity index (χ3n) is 2.48. The van der Waals surface area contributed by atoms with Crippen LogP contribution in [0.25, 0.3) is 0 Å². The van der Waals surface area contributed by atoms with Gasteiger partial charge in [0, 0.05) is 10.9 Å². The lowest BCUT2D eigenvalue weighted by Gasteiger charge is -2.31. The summed E-state index contributed by atoms with van der Waals surface area (Å²) >= 11 is 1.85. The van der Waals surface area contributed by atoms with Gasteiger partial charge in [-0.15, -0.1) is 11.3 Å². The molecule has 0 aromatic carbocycles. The summed E-state index contributed by atoms with van der Waals surface area (Å²) in [5.74, 6) is 0. The van der Waals surface area contributed by atoms with Crippen LogP contribution in [0, 0.1) is 5.41 Å². The van der Waals surface area contributed by atoms with Crippen LogP contribution >= 0.6 is 11.3 Å². The summed E-state index contributed by atoms with van der Waals surface area (Å²) < 4.78 is 0. The molecule has 1 aromatic heterocycles. The van der Waals surface area contributed by atoms with Crippen molar-refractivity contribution in [3.8, 4) is 0 Å². The highest BCUT2D eigenvalue weighted by Crippen LogP contribution is 2.24. The zero-order valence-corrected chi connectivity index (χ0v) is 10.4. The molecule has 0 spiro atoms. The highest BCUT2D eigenvalue weighted by atomic mass is 32.1. The first-order valence-electron chi connectivity index (χ1n) is 5.29. The number of rotatable bonds is 4. The lowest BCUT2D eigenvalue weighted by molar-refractivity contribution is 0.271. The summed E-state index contributed by atoms with van der Waals surface area (Å²) in [7, 11) is 0. The Kier molecular flexibility index (Phi) is 4.14. The first kappa shape index (κ1) is 11.7. The largest absolute Gasteiger partial charge is 0.313 e. The third kappa shape index (κ3) is 3.43. The molecule has 0 bridgehead atoms. The molecule has 1 heterocycles. The molecule has 80 valence electrons. The summed E-state index contributed by atoms with van der Waals surface area (Å²) in [6.45, 7) is 10.1. The number of thiophene rings is 1. The Morgan fingerprint density at radius 3 is 2.57 bits per heavy atom. The molecule has 0 amide bonds. The zero-order chi connectivity index (χ0) is 10.6. The highest BCUT2D eigenvalue weighted by Gasteiger charge is 2.23. The normalized spacial score (nSPS) is 14.3. The molecule has 1 aromatic rings. The summed E-state index contributed by atoms with van der Waals surface area (Å²) in [6.07, 6.45) is 1.15. The third-order valence-corrected chi connectivity index (χ3v) is 3.38. The fraction of sp³-hybridized carbons (Fsp3) is 0.667. The van der Waals surface area contributed by atoms with Crippen LogP contribution in [0.3, 0.4) is 0 Å². The van der Waals surface area contributed by atoms with Crippen LogP contribution in [-0.2, 0) is 6.42 Å². The minimum Gasteiger partial charge on any atom is -0.313 e. The molecule has 1 unspecified atom stereocenters. The van der Waals surface area contributed by atoms with E-state index in [2.05, 4.69) is 50.5 Å². The van der Waals surface area contributed by atoms with Crippen molar-refractivity contribution in [3.05, 3.63) is 22.4 Å². The number of likely N-dealkylation sites (N-methyl/N-ethyl adjacent to an activating group) is 1. The Labute approximate surface area is 91.5 Å². The van der Waals surface area contributed by atoms with Gasteiger partial charge in [-0.1, -0.05) is 33.8 Å². The fourth-order valence-corrected chi connectivity index (χ4v) is 2.31. The molecule has 1 atom stereocenters. The lowest BCUT2D eigenvalue weighted by Crippen LogP contribution is -2.41. The van der Waals surface area contributed by atoms with Gasteiger partial charge < -0.3 is 5.32 Å². The van der Waals surface area contributed by atoms with Crippen LogP contribution in [-0.4, -0.2) is 12.6 Å². The molecule has 1 nitrogen and oxygen atoms in total. The van der Waals surface area contributed by atoms with Crippen molar-refractivity contribution in [2.45, 2.75) is 40.2 Å². The maximum atomic E-state index is 3.57. The molecule has 0 aliphatic carbocycles. The average molecular weight is 211 g/mol. The Hall–Kier alpha value is -0.340. The van der Waals surface area contributed by atoms with Crippen molar-refractivity contribution < 1.29 is 0 Å². The minimum atomic E-state index is 0.333. The second kappa shape index (κ2) is 4.94. The number of hydrogen-bond donors (Lipinski definition) is 1. The van der Waals surface area contributed by atoms with Crippen molar-refractivity contribution in [1.82, 2.24) is 5.32 Å². The first-order valence-corrected chi connectivity index (χ1v) is 6.17. The average Bonchev–Trinajstić information content (AvgIpc) is 2.54. The van der Waals surface area contributed by atoms with Crippen molar-refractivity contribution in [2.24, 2.45) is 5.41 Å². The lowest BCUT2D eigenvalue weighted by atomic mass is 9.84. The standard InChI is InChI=1S/C12H21NS/c1-5-13-11(12(2,3)4)9-10-7-6-8-14-10/h6-8,11,13H,5,9H2,1-4H3. The summed E-state index contributed by atoms with van der Waals surface area (Å²) in [5, 5.41) is 5.72.